The predicted octanol–water partition coefficient (Wildman–Crippen LogP) is 1.80. The second kappa shape index (κ2) is 7.37. The molecule has 9 nitrogen and oxygen atoms in total. The molecule has 0 spiro atoms. The van der Waals surface area contributed by atoms with Crippen molar-refractivity contribution < 1.29 is 9.53 Å². The van der Waals surface area contributed by atoms with Gasteiger partial charge >= 0.3 is 0 Å². The van der Waals surface area contributed by atoms with Crippen LogP contribution in [0.15, 0.2) is 70.6 Å². The third-order valence-corrected chi connectivity index (χ3v) is 6.36. The molecule has 1 aliphatic carbocycles. The molecule has 4 heterocycles. The number of carbonyl (C=O) groups excluding carboxylic acids is 1. The number of aliphatic imine (C=N–C) groups is 1. The number of nitrogens with zero attached hydrogens (tertiary/aromatic N) is 4. The summed E-state index contributed by atoms with van der Waals surface area (Å²) in [5, 5.41) is 10.1. The number of hydrogen-bond donors (Lipinski definition) is 3. The van der Waals surface area contributed by atoms with E-state index < -0.39 is 6.04 Å². The maximum absolute atomic E-state index is 12.0. The highest BCUT2D eigenvalue weighted by Crippen LogP contribution is 2.39. The van der Waals surface area contributed by atoms with E-state index in [1.54, 1.807) is 6.26 Å². The van der Waals surface area contributed by atoms with Crippen LogP contribution in [0.1, 0.15) is 24.8 Å². The number of aromatic amines is 1. The van der Waals surface area contributed by atoms with Gasteiger partial charge in [0, 0.05) is 29.4 Å². The Hall–Kier alpha value is -3.88. The van der Waals surface area contributed by atoms with E-state index in [0.717, 1.165) is 65.6 Å². The van der Waals surface area contributed by atoms with E-state index in [1.807, 2.05) is 30.5 Å². The maximum Gasteiger partial charge on any atom is 0.240 e. The number of primary amides is 1. The van der Waals surface area contributed by atoms with Crippen molar-refractivity contribution in [3.8, 4) is 11.4 Å². The first-order valence-corrected chi connectivity index (χ1v) is 10.8. The van der Waals surface area contributed by atoms with E-state index in [-0.39, 0.29) is 11.8 Å². The van der Waals surface area contributed by atoms with Crippen molar-refractivity contribution in [1.82, 2.24) is 25.4 Å². The molecule has 2 aromatic rings. The summed E-state index contributed by atoms with van der Waals surface area (Å²) in [6.07, 6.45) is 8.01. The van der Waals surface area contributed by atoms with Gasteiger partial charge in [0.25, 0.3) is 0 Å². The number of carbonyl (C=O) groups is 1. The first-order valence-electron chi connectivity index (χ1n) is 10.8. The lowest BCUT2D eigenvalue weighted by molar-refractivity contribution is -0.120. The third kappa shape index (κ3) is 3.17. The number of nitrogens with one attached hydrogen (secondary N) is 2. The number of ether oxygens (including phenoxy) is 1. The summed E-state index contributed by atoms with van der Waals surface area (Å²) in [6, 6.07) is 7.73. The normalized spacial score (nSPS) is 20.5. The average Bonchev–Trinajstić information content (AvgIpc) is 3.36. The second-order valence-corrected chi connectivity index (χ2v) is 8.47. The molecule has 1 aromatic carbocycles. The summed E-state index contributed by atoms with van der Waals surface area (Å²) < 4.78 is 5.84. The van der Waals surface area contributed by atoms with Crippen molar-refractivity contribution in [2.75, 3.05) is 13.2 Å². The molecule has 1 amide bonds. The van der Waals surface area contributed by atoms with Crippen LogP contribution in [-0.4, -0.2) is 51.0 Å². The molecule has 1 fully saturated rings. The molecule has 162 valence electrons. The Morgan fingerprint density at radius 3 is 2.78 bits per heavy atom. The van der Waals surface area contributed by atoms with Crippen molar-refractivity contribution in [2.24, 2.45) is 16.6 Å². The highest BCUT2D eigenvalue weighted by atomic mass is 16.5. The third-order valence-electron chi connectivity index (χ3n) is 6.36. The van der Waals surface area contributed by atoms with E-state index in [0.29, 0.717) is 6.61 Å². The lowest BCUT2D eigenvalue weighted by atomic mass is 10.0. The van der Waals surface area contributed by atoms with Crippen molar-refractivity contribution in [3.63, 3.8) is 0 Å². The number of hydrogen-bond acceptors (Lipinski definition) is 7. The number of H-pyrrole nitrogens is 1. The lowest BCUT2D eigenvalue weighted by Crippen LogP contribution is -2.43. The highest BCUT2D eigenvalue weighted by Gasteiger charge is 2.39. The van der Waals surface area contributed by atoms with Gasteiger partial charge in [-0.3, -0.25) is 9.89 Å². The molecule has 4 aliphatic rings. The van der Waals surface area contributed by atoms with Crippen molar-refractivity contribution in [2.45, 2.75) is 25.3 Å². The highest BCUT2D eigenvalue weighted by molar-refractivity contribution is 6.02. The summed E-state index contributed by atoms with van der Waals surface area (Å²) >= 11 is 0. The summed E-state index contributed by atoms with van der Waals surface area (Å²) in [4.78, 5) is 23.3. The Labute approximate surface area is 184 Å². The van der Waals surface area contributed by atoms with Gasteiger partial charge in [0.05, 0.1) is 11.4 Å². The molecule has 1 atom stereocenters. The van der Waals surface area contributed by atoms with Crippen LogP contribution in [0, 0.1) is 5.92 Å². The minimum atomic E-state index is -0.392. The van der Waals surface area contributed by atoms with E-state index in [1.165, 1.54) is 11.9 Å². The fourth-order valence-electron chi connectivity index (χ4n) is 4.58. The van der Waals surface area contributed by atoms with Gasteiger partial charge in [0.1, 0.15) is 31.1 Å². The number of benzene rings is 1. The lowest BCUT2D eigenvalue weighted by Gasteiger charge is -2.30. The van der Waals surface area contributed by atoms with Crippen molar-refractivity contribution in [3.05, 3.63) is 71.2 Å². The summed E-state index contributed by atoms with van der Waals surface area (Å²) in [7, 11) is 0. The summed E-state index contributed by atoms with van der Waals surface area (Å²) in [5.74, 6) is 1.59. The average molecular weight is 429 g/mol. The van der Waals surface area contributed by atoms with Crippen LogP contribution in [0.25, 0.3) is 11.4 Å². The molecule has 0 saturated heterocycles. The fourth-order valence-corrected chi connectivity index (χ4v) is 4.58. The first kappa shape index (κ1) is 18.9. The maximum atomic E-state index is 12.0. The van der Waals surface area contributed by atoms with Crippen LogP contribution >= 0.6 is 0 Å². The van der Waals surface area contributed by atoms with E-state index in [2.05, 4.69) is 25.4 Å². The van der Waals surface area contributed by atoms with Crippen molar-refractivity contribution in [1.29, 1.82) is 0 Å². The Morgan fingerprint density at radius 2 is 2.06 bits per heavy atom. The fraction of sp³-hybridized carbons (Fsp3) is 0.304. The molecule has 6 rings (SSSR count). The van der Waals surface area contributed by atoms with Crippen LogP contribution in [0.3, 0.4) is 0 Å². The molecule has 32 heavy (non-hydrogen) atoms. The first-order chi connectivity index (χ1) is 15.7. The molecule has 9 heteroatoms. The smallest absolute Gasteiger partial charge is 0.240 e. The molecule has 3 aliphatic heterocycles. The molecule has 1 unspecified atom stereocenters. The zero-order valence-electron chi connectivity index (χ0n) is 17.4. The summed E-state index contributed by atoms with van der Waals surface area (Å²) in [6.45, 7) is 1.36. The second-order valence-electron chi connectivity index (χ2n) is 8.47. The van der Waals surface area contributed by atoms with Gasteiger partial charge in [-0.1, -0.05) is 24.3 Å². The minimum Gasteiger partial charge on any atom is -0.495 e. The number of amides is 1. The zero-order chi connectivity index (χ0) is 21.7. The van der Waals surface area contributed by atoms with Crippen LogP contribution in [0.5, 0.6) is 0 Å². The Balaban J connectivity index is 1.34. The molecule has 1 aromatic heterocycles. The zero-order valence-corrected chi connectivity index (χ0v) is 17.4. The largest absolute Gasteiger partial charge is 0.495 e. The van der Waals surface area contributed by atoms with Gasteiger partial charge in [-0.05, 0) is 30.8 Å². The molecule has 0 radical (unpaired) electrons. The number of amidine groups is 1. The monoisotopic (exact) mass is 429 g/mol. The van der Waals surface area contributed by atoms with Gasteiger partial charge in [-0.25, -0.2) is 9.98 Å². The Morgan fingerprint density at radius 1 is 1.25 bits per heavy atom. The molecule has 1 saturated carbocycles. The summed E-state index contributed by atoms with van der Waals surface area (Å²) in [5.41, 5.74) is 11.7. The topological polar surface area (TPSA) is 122 Å². The number of aromatic nitrogens is 3. The van der Waals surface area contributed by atoms with E-state index >= 15 is 0 Å². The Kier molecular flexibility index (Phi) is 4.34. The van der Waals surface area contributed by atoms with Gasteiger partial charge in [-0.15, -0.1) is 0 Å². The molecular formula is C23H23N7O2. The SMILES string of the molecule is NC(=O)C(NC1=COCC2=C3C1=CN=C(c1ccc(-c4ncn[nH]4)cc1)N3CC2)C1CC1. The van der Waals surface area contributed by atoms with Gasteiger partial charge in [0.2, 0.25) is 5.91 Å². The van der Waals surface area contributed by atoms with Gasteiger partial charge < -0.3 is 20.7 Å². The van der Waals surface area contributed by atoms with E-state index in [4.69, 9.17) is 15.5 Å². The van der Waals surface area contributed by atoms with Crippen LogP contribution in [0.4, 0.5) is 0 Å². The van der Waals surface area contributed by atoms with Crippen LogP contribution < -0.4 is 11.1 Å². The Bertz CT molecular complexity index is 1190. The predicted molar refractivity (Wildman–Crippen MR) is 118 cm³/mol. The number of rotatable bonds is 6. The van der Waals surface area contributed by atoms with E-state index in [9.17, 15) is 4.79 Å². The number of nitrogens with two attached hydrogens (primary N) is 1. The molecule has 0 bridgehead atoms. The standard InChI is InChI=1S/C23H23N7O2/c24-21(31)19(13-1-2-13)28-18-11-32-10-16-7-8-30-20(16)17(18)9-25-23(30)15-5-3-14(4-6-15)22-26-12-27-29-22/h3-6,9,11-13,19,28H,1-2,7-8,10H2,(H2,24,31)(H,26,27,29). The van der Waals surface area contributed by atoms with Gasteiger partial charge in [0.15, 0.2) is 5.82 Å². The van der Waals surface area contributed by atoms with Crippen molar-refractivity contribution >= 4 is 11.7 Å². The minimum absolute atomic E-state index is 0.288. The quantitative estimate of drug-likeness (QED) is 0.644. The van der Waals surface area contributed by atoms with Crippen LogP contribution in [-0.2, 0) is 9.53 Å². The van der Waals surface area contributed by atoms with Crippen LogP contribution in [0.2, 0.25) is 0 Å². The molecular weight excluding hydrogens is 406 g/mol. The van der Waals surface area contributed by atoms with Gasteiger partial charge in [-0.2, -0.15) is 5.10 Å². The molecule has 4 N–H and O–H groups in total.